The first-order chi connectivity index (χ1) is 9.35. The van der Waals surface area contributed by atoms with Gasteiger partial charge in [-0.15, -0.1) is 0 Å². The maximum atomic E-state index is 12.0. The summed E-state index contributed by atoms with van der Waals surface area (Å²) in [5, 5.41) is 11.4. The Morgan fingerprint density at radius 3 is 2.40 bits per heavy atom. The zero-order valence-corrected chi connectivity index (χ0v) is 12.4. The van der Waals surface area contributed by atoms with E-state index in [1.54, 1.807) is 29.6 Å². The van der Waals surface area contributed by atoms with Crippen LogP contribution >= 0.6 is 11.3 Å². The molecule has 0 aliphatic heterocycles. The van der Waals surface area contributed by atoms with Crippen LogP contribution in [0.5, 0.6) is 0 Å². The van der Waals surface area contributed by atoms with E-state index in [-0.39, 0.29) is 11.7 Å². The third-order valence-corrected chi connectivity index (χ3v) is 4.28. The van der Waals surface area contributed by atoms with Crippen molar-refractivity contribution in [1.29, 1.82) is 0 Å². The van der Waals surface area contributed by atoms with Crippen molar-refractivity contribution in [1.82, 2.24) is 0 Å². The van der Waals surface area contributed by atoms with Crippen LogP contribution in [-0.2, 0) is 15.8 Å². The van der Waals surface area contributed by atoms with Gasteiger partial charge in [-0.05, 0) is 35.6 Å². The van der Waals surface area contributed by atoms with Gasteiger partial charge in [-0.3, -0.25) is 4.79 Å². The summed E-state index contributed by atoms with van der Waals surface area (Å²) in [7, 11) is -3.54. The summed E-state index contributed by atoms with van der Waals surface area (Å²) in [6, 6.07) is 6.56. The lowest BCUT2D eigenvalue weighted by Crippen LogP contribution is -2.15. The minimum atomic E-state index is -3.54. The molecule has 0 aliphatic rings. The summed E-state index contributed by atoms with van der Waals surface area (Å²) in [5.74, 6) is -0.395. The Morgan fingerprint density at radius 1 is 1.25 bits per heavy atom. The molecule has 2 rings (SSSR count). The summed E-state index contributed by atoms with van der Waals surface area (Å²) >= 11 is 1.47. The molecule has 0 radical (unpaired) electrons. The maximum Gasteiger partial charge on any atom is 0.256 e. The quantitative estimate of drug-likeness (QED) is 0.906. The number of hydrogen-bond acceptors (Lipinski definition) is 4. The summed E-state index contributed by atoms with van der Waals surface area (Å²) in [4.78, 5) is 12.0. The molecule has 3 N–H and O–H groups in total. The highest BCUT2D eigenvalue weighted by Crippen LogP contribution is 2.17. The zero-order valence-electron chi connectivity index (χ0n) is 10.8. The molecule has 0 bridgehead atoms. The Balaban J connectivity index is 2.08. The first-order valence-electron chi connectivity index (χ1n) is 5.79. The van der Waals surface area contributed by atoms with Crippen LogP contribution in [0.25, 0.3) is 0 Å². The molecule has 1 aromatic heterocycles. The molecule has 1 amide bonds. The van der Waals surface area contributed by atoms with Gasteiger partial charge in [0.15, 0.2) is 0 Å². The van der Waals surface area contributed by atoms with E-state index in [4.69, 9.17) is 5.14 Å². The second kappa shape index (κ2) is 5.74. The van der Waals surface area contributed by atoms with Crippen molar-refractivity contribution in [2.75, 3.05) is 5.32 Å². The van der Waals surface area contributed by atoms with Crippen LogP contribution in [0.1, 0.15) is 21.5 Å². The van der Waals surface area contributed by atoms with Crippen molar-refractivity contribution in [3.8, 4) is 0 Å². The van der Waals surface area contributed by atoms with E-state index in [1.807, 2.05) is 12.3 Å². The fourth-order valence-corrected chi connectivity index (χ4v) is 3.19. The number of thiophene rings is 1. The summed E-state index contributed by atoms with van der Waals surface area (Å²) in [6.45, 7) is 1.88. The van der Waals surface area contributed by atoms with Gasteiger partial charge in [0.05, 0.1) is 11.3 Å². The average molecular weight is 310 g/mol. The van der Waals surface area contributed by atoms with Gasteiger partial charge in [0.2, 0.25) is 10.0 Å². The van der Waals surface area contributed by atoms with Gasteiger partial charge in [-0.2, -0.15) is 11.3 Å². The lowest BCUT2D eigenvalue weighted by Gasteiger charge is -2.06. The molecule has 0 spiro atoms. The Hall–Kier alpha value is -1.70. The van der Waals surface area contributed by atoms with E-state index in [9.17, 15) is 13.2 Å². The zero-order chi connectivity index (χ0) is 14.8. The molecule has 0 atom stereocenters. The number of hydrogen-bond donors (Lipinski definition) is 2. The largest absolute Gasteiger partial charge is 0.322 e. The second-order valence-corrected chi connectivity index (χ2v) is 6.78. The highest BCUT2D eigenvalue weighted by Gasteiger charge is 2.10. The molecule has 0 unspecified atom stereocenters. The van der Waals surface area contributed by atoms with Crippen LogP contribution in [0.15, 0.2) is 35.0 Å². The van der Waals surface area contributed by atoms with Gasteiger partial charge in [0, 0.05) is 11.1 Å². The Bertz CT molecular complexity index is 718. The van der Waals surface area contributed by atoms with E-state index in [0.29, 0.717) is 16.8 Å². The molecule has 0 fully saturated rings. The molecule has 20 heavy (non-hydrogen) atoms. The number of benzene rings is 1. The molecular weight excluding hydrogens is 296 g/mol. The van der Waals surface area contributed by atoms with E-state index >= 15 is 0 Å². The summed E-state index contributed by atoms with van der Waals surface area (Å²) < 4.78 is 21.9. The molecule has 0 saturated heterocycles. The molecule has 0 saturated carbocycles. The van der Waals surface area contributed by atoms with Gasteiger partial charge >= 0.3 is 0 Å². The number of sulfonamides is 1. The fourth-order valence-electron chi connectivity index (χ4n) is 1.71. The lowest BCUT2D eigenvalue weighted by molar-refractivity contribution is 0.102. The van der Waals surface area contributed by atoms with E-state index in [0.717, 1.165) is 5.56 Å². The smallest absolute Gasteiger partial charge is 0.256 e. The fraction of sp³-hybridized carbons (Fsp3) is 0.154. The first-order valence-corrected chi connectivity index (χ1v) is 8.44. The van der Waals surface area contributed by atoms with E-state index in [1.165, 1.54) is 11.3 Å². The molecule has 106 valence electrons. The SMILES string of the molecule is Cc1cscc1C(=O)Nc1ccc(CS(N)(=O)=O)cc1. The van der Waals surface area contributed by atoms with Crippen molar-refractivity contribution in [3.63, 3.8) is 0 Å². The normalized spacial score (nSPS) is 11.3. The molecule has 2 aromatic rings. The Kier molecular flexibility index (Phi) is 4.22. The van der Waals surface area contributed by atoms with Crippen molar-refractivity contribution in [2.24, 2.45) is 5.14 Å². The van der Waals surface area contributed by atoms with Gasteiger partial charge in [-0.1, -0.05) is 12.1 Å². The lowest BCUT2D eigenvalue weighted by atomic mass is 10.2. The predicted octanol–water partition coefficient (Wildman–Crippen LogP) is 2.10. The van der Waals surface area contributed by atoms with Crippen LogP contribution in [-0.4, -0.2) is 14.3 Å². The molecule has 1 heterocycles. The Labute approximate surface area is 121 Å². The number of nitrogens with two attached hydrogens (primary N) is 1. The number of carbonyl (C=O) groups is 1. The van der Waals surface area contributed by atoms with Crippen molar-refractivity contribution < 1.29 is 13.2 Å². The van der Waals surface area contributed by atoms with E-state index in [2.05, 4.69) is 5.32 Å². The number of anilines is 1. The molecule has 5 nitrogen and oxygen atoms in total. The molecule has 0 aliphatic carbocycles. The third kappa shape index (κ3) is 3.89. The predicted molar refractivity (Wildman–Crippen MR) is 80.3 cm³/mol. The minimum Gasteiger partial charge on any atom is -0.322 e. The average Bonchev–Trinajstić information content (AvgIpc) is 2.76. The van der Waals surface area contributed by atoms with Gasteiger partial charge in [0.1, 0.15) is 0 Å². The van der Waals surface area contributed by atoms with Crippen LogP contribution < -0.4 is 10.5 Å². The second-order valence-electron chi connectivity index (χ2n) is 4.43. The van der Waals surface area contributed by atoms with Crippen molar-refractivity contribution in [2.45, 2.75) is 12.7 Å². The maximum absolute atomic E-state index is 12.0. The van der Waals surface area contributed by atoms with Gasteiger partial charge < -0.3 is 5.32 Å². The molecular formula is C13H14N2O3S2. The van der Waals surface area contributed by atoms with Crippen LogP contribution in [0.3, 0.4) is 0 Å². The first kappa shape index (κ1) is 14.7. The molecule has 7 heteroatoms. The number of rotatable bonds is 4. The van der Waals surface area contributed by atoms with Crippen molar-refractivity contribution >= 4 is 33.0 Å². The van der Waals surface area contributed by atoms with E-state index < -0.39 is 10.0 Å². The number of aryl methyl sites for hydroxylation is 1. The molecule has 1 aromatic carbocycles. The number of nitrogens with one attached hydrogen (secondary N) is 1. The number of carbonyl (C=O) groups excluding carboxylic acids is 1. The van der Waals surface area contributed by atoms with Crippen LogP contribution in [0.2, 0.25) is 0 Å². The van der Waals surface area contributed by atoms with Gasteiger partial charge in [-0.25, -0.2) is 13.6 Å². The monoisotopic (exact) mass is 310 g/mol. The van der Waals surface area contributed by atoms with Gasteiger partial charge in [0.25, 0.3) is 5.91 Å². The summed E-state index contributed by atoms with van der Waals surface area (Å²) in [6.07, 6.45) is 0. The van der Waals surface area contributed by atoms with Crippen molar-refractivity contribution in [3.05, 3.63) is 51.7 Å². The van der Waals surface area contributed by atoms with Crippen LogP contribution in [0.4, 0.5) is 5.69 Å². The highest BCUT2D eigenvalue weighted by atomic mass is 32.2. The number of amides is 1. The topological polar surface area (TPSA) is 89.3 Å². The van der Waals surface area contributed by atoms with Crippen LogP contribution in [0, 0.1) is 6.92 Å². The minimum absolute atomic E-state index is 0.178. The summed E-state index contributed by atoms with van der Waals surface area (Å²) in [5.41, 5.74) is 2.76. The highest BCUT2D eigenvalue weighted by molar-refractivity contribution is 7.88. The Morgan fingerprint density at radius 2 is 1.90 bits per heavy atom. The standard InChI is InChI=1S/C13H14N2O3S2/c1-9-6-19-7-12(9)13(16)15-11-4-2-10(3-5-11)8-20(14,17)18/h2-7H,8H2,1H3,(H,15,16)(H2,14,17,18). The third-order valence-electron chi connectivity index (χ3n) is 2.68. The number of primary sulfonamides is 1.